The van der Waals surface area contributed by atoms with Crippen LogP contribution in [0.2, 0.25) is 0 Å². The lowest BCUT2D eigenvalue weighted by Crippen LogP contribution is -2.32. The molecule has 1 aromatic carbocycles. The number of unbranched alkanes of at least 4 members (excludes halogenated alkanes) is 5. The fourth-order valence-corrected chi connectivity index (χ4v) is 3.26. The van der Waals surface area contributed by atoms with E-state index < -0.39 is 11.5 Å². The monoisotopic (exact) mass is 402 g/mol. The first-order chi connectivity index (χ1) is 13.7. The van der Waals surface area contributed by atoms with Gasteiger partial charge in [-0.15, -0.1) is 0 Å². The summed E-state index contributed by atoms with van der Waals surface area (Å²) in [4.78, 5) is 23.0. The highest BCUT2D eigenvalue weighted by Gasteiger charge is 2.15. The number of fused-ring (bicyclic) bond motifs is 1. The molecule has 0 bridgehead atoms. The summed E-state index contributed by atoms with van der Waals surface area (Å²) in [6.45, 7) is 9.03. The summed E-state index contributed by atoms with van der Waals surface area (Å²) in [6.07, 6.45) is 6.14. The number of hydrogen-bond donors (Lipinski definition) is 2. The topological polar surface area (TPSA) is 99.2 Å². The van der Waals surface area contributed by atoms with Gasteiger partial charge in [-0.2, -0.15) is 5.10 Å². The third-order valence-electron chi connectivity index (χ3n) is 4.69. The fourth-order valence-electron chi connectivity index (χ4n) is 3.26. The smallest absolute Gasteiger partial charge is 0.407 e. The number of benzene rings is 1. The van der Waals surface area contributed by atoms with Crippen molar-refractivity contribution in [3.05, 3.63) is 29.5 Å². The molecule has 1 aromatic heterocycles. The average molecular weight is 403 g/mol. The SMILES string of the molecule is Cc1nn(CCCCCCCCNC(=O)OC(C)(C)C)c2cc(C(N)=O)ccc12. The van der Waals surface area contributed by atoms with Crippen molar-refractivity contribution in [2.45, 2.75) is 78.4 Å². The van der Waals surface area contributed by atoms with Crippen LogP contribution in [0.25, 0.3) is 10.9 Å². The van der Waals surface area contributed by atoms with Crippen molar-refractivity contribution in [3.63, 3.8) is 0 Å². The first-order valence-corrected chi connectivity index (χ1v) is 10.4. The second-order valence-corrected chi connectivity index (χ2v) is 8.45. The van der Waals surface area contributed by atoms with Crippen molar-refractivity contribution < 1.29 is 14.3 Å². The second kappa shape index (κ2) is 10.3. The van der Waals surface area contributed by atoms with Gasteiger partial charge in [-0.05, 0) is 52.7 Å². The highest BCUT2D eigenvalue weighted by molar-refractivity contribution is 5.97. The number of nitrogens with one attached hydrogen (secondary N) is 1. The molecule has 0 radical (unpaired) electrons. The van der Waals surface area contributed by atoms with Crippen molar-refractivity contribution in [3.8, 4) is 0 Å². The van der Waals surface area contributed by atoms with Crippen molar-refractivity contribution in [1.29, 1.82) is 0 Å². The summed E-state index contributed by atoms with van der Waals surface area (Å²) in [5.41, 5.74) is 7.39. The first kappa shape index (κ1) is 22.7. The maximum Gasteiger partial charge on any atom is 0.407 e. The van der Waals surface area contributed by atoms with E-state index in [4.69, 9.17) is 10.5 Å². The molecule has 7 heteroatoms. The molecule has 160 valence electrons. The van der Waals surface area contributed by atoms with Gasteiger partial charge < -0.3 is 15.8 Å². The minimum absolute atomic E-state index is 0.348. The second-order valence-electron chi connectivity index (χ2n) is 8.45. The number of carbonyl (C=O) groups excluding carboxylic acids is 2. The van der Waals surface area contributed by atoms with Crippen molar-refractivity contribution >= 4 is 22.9 Å². The zero-order chi connectivity index (χ0) is 21.4. The quantitative estimate of drug-likeness (QED) is 0.578. The Balaban J connectivity index is 1.64. The number of nitrogens with zero attached hydrogens (tertiary/aromatic N) is 2. The van der Waals surface area contributed by atoms with Crippen LogP contribution in [0.5, 0.6) is 0 Å². The van der Waals surface area contributed by atoms with Crippen LogP contribution >= 0.6 is 0 Å². The minimum atomic E-state index is -0.454. The number of aryl methyl sites for hydroxylation is 2. The Morgan fingerprint density at radius 1 is 1.10 bits per heavy atom. The molecule has 0 spiro atoms. The minimum Gasteiger partial charge on any atom is -0.444 e. The van der Waals surface area contributed by atoms with Crippen LogP contribution in [0.15, 0.2) is 18.2 Å². The molecule has 3 N–H and O–H groups in total. The molecule has 2 amide bonds. The summed E-state index contributed by atoms with van der Waals surface area (Å²) in [6, 6.07) is 5.50. The standard InChI is InChI=1S/C22H34N4O3/c1-16-18-12-11-17(20(23)27)15-19(18)26(25-16)14-10-8-6-5-7-9-13-24-21(28)29-22(2,3)4/h11-12,15H,5-10,13-14H2,1-4H3,(H2,23,27)(H,24,28). The van der Waals surface area contributed by atoms with E-state index in [1.807, 2.05) is 44.5 Å². The highest BCUT2D eigenvalue weighted by Crippen LogP contribution is 2.20. The molecule has 0 saturated heterocycles. The number of hydrogen-bond acceptors (Lipinski definition) is 4. The van der Waals surface area contributed by atoms with Gasteiger partial charge in [0.2, 0.25) is 5.91 Å². The third kappa shape index (κ3) is 7.40. The first-order valence-electron chi connectivity index (χ1n) is 10.4. The van der Waals surface area contributed by atoms with E-state index in [-0.39, 0.29) is 6.09 Å². The molecule has 2 aromatic rings. The van der Waals surface area contributed by atoms with Crippen molar-refractivity contribution in [2.24, 2.45) is 5.73 Å². The molecule has 0 fully saturated rings. The zero-order valence-electron chi connectivity index (χ0n) is 18.1. The lowest BCUT2D eigenvalue weighted by atomic mass is 10.1. The summed E-state index contributed by atoms with van der Waals surface area (Å²) < 4.78 is 7.18. The predicted octanol–water partition coefficient (Wildman–Crippen LogP) is 4.31. The van der Waals surface area contributed by atoms with Gasteiger partial charge in [0.05, 0.1) is 11.2 Å². The zero-order valence-corrected chi connectivity index (χ0v) is 18.1. The molecule has 29 heavy (non-hydrogen) atoms. The third-order valence-corrected chi connectivity index (χ3v) is 4.69. The van der Waals surface area contributed by atoms with Crippen LogP contribution in [-0.2, 0) is 11.3 Å². The van der Waals surface area contributed by atoms with Gasteiger partial charge in [0.1, 0.15) is 5.60 Å². The molecule has 0 aliphatic rings. The Labute approximate surface area is 173 Å². The van der Waals surface area contributed by atoms with Gasteiger partial charge in [0, 0.05) is 24.0 Å². The van der Waals surface area contributed by atoms with E-state index in [0.29, 0.717) is 12.1 Å². The van der Waals surface area contributed by atoms with Gasteiger partial charge in [-0.3, -0.25) is 9.48 Å². The number of amides is 2. The summed E-state index contributed by atoms with van der Waals surface area (Å²) >= 11 is 0. The Morgan fingerprint density at radius 3 is 2.41 bits per heavy atom. The van der Waals surface area contributed by atoms with Crippen LogP contribution in [0, 0.1) is 6.92 Å². The Hall–Kier alpha value is -2.57. The molecule has 7 nitrogen and oxygen atoms in total. The maximum absolute atomic E-state index is 11.6. The largest absolute Gasteiger partial charge is 0.444 e. The van der Waals surface area contributed by atoms with E-state index in [9.17, 15) is 9.59 Å². The molecule has 0 saturated carbocycles. The average Bonchev–Trinajstić information content (AvgIpc) is 2.94. The Bertz CT molecular complexity index is 836. The van der Waals surface area contributed by atoms with Crippen LogP contribution in [0.4, 0.5) is 4.79 Å². The van der Waals surface area contributed by atoms with Crippen LogP contribution < -0.4 is 11.1 Å². The van der Waals surface area contributed by atoms with E-state index in [1.54, 1.807) is 6.07 Å². The van der Waals surface area contributed by atoms with Gasteiger partial charge in [-0.1, -0.05) is 31.7 Å². The number of rotatable bonds is 10. The number of ether oxygens (including phenoxy) is 1. The van der Waals surface area contributed by atoms with E-state index in [1.165, 1.54) is 0 Å². The Kier molecular flexibility index (Phi) is 8.05. The maximum atomic E-state index is 11.6. The van der Waals surface area contributed by atoms with Gasteiger partial charge in [0.25, 0.3) is 0 Å². The molecule has 0 atom stereocenters. The highest BCUT2D eigenvalue weighted by atomic mass is 16.6. The molecule has 0 unspecified atom stereocenters. The normalized spacial score (nSPS) is 11.6. The molecule has 0 aliphatic carbocycles. The summed E-state index contributed by atoms with van der Waals surface area (Å²) in [5.74, 6) is -0.418. The lowest BCUT2D eigenvalue weighted by molar-refractivity contribution is 0.0526. The predicted molar refractivity (Wildman–Crippen MR) is 115 cm³/mol. The van der Waals surface area contributed by atoms with E-state index >= 15 is 0 Å². The number of aromatic nitrogens is 2. The number of alkyl carbamates (subject to hydrolysis) is 1. The lowest BCUT2D eigenvalue weighted by Gasteiger charge is -2.19. The molecule has 0 aliphatic heterocycles. The fraction of sp³-hybridized carbons (Fsp3) is 0.591. The number of nitrogens with two attached hydrogens (primary N) is 1. The van der Waals surface area contributed by atoms with Crippen molar-refractivity contribution in [1.82, 2.24) is 15.1 Å². The molecular weight excluding hydrogens is 368 g/mol. The van der Waals surface area contributed by atoms with Gasteiger partial charge in [0.15, 0.2) is 0 Å². The van der Waals surface area contributed by atoms with Gasteiger partial charge >= 0.3 is 6.09 Å². The molecular formula is C22H34N4O3. The van der Waals surface area contributed by atoms with Crippen LogP contribution in [0.1, 0.15) is 75.3 Å². The van der Waals surface area contributed by atoms with E-state index in [0.717, 1.165) is 61.7 Å². The number of carbonyl (C=O) groups is 2. The summed E-state index contributed by atoms with van der Waals surface area (Å²) in [5, 5.41) is 8.45. The summed E-state index contributed by atoms with van der Waals surface area (Å²) in [7, 11) is 0. The Morgan fingerprint density at radius 2 is 1.76 bits per heavy atom. The molecule has 1 heterocycles. The number of primary amides is 1. The van der Waals surface area contributed by atoms with Crippen LogP contribution in [0.3, 0.4) is 0 Å². The van der Waals surface area contributed by atoms with Crippen LogP contribution in [-0.4, -0.2) is 33.9 Å². The van der Waals surface area contributed by atoms with E-state index in [2.05, 4.69) is 10.4 Å². The van der Waals surface area contributed by atoms with Crippen molar-refractivity contribution in [2.75, 3.05) is 6.54 Å². The molecule has 2 rings (SSSR count). The van der Waals surface area contributed by atoms with Gasteiger partial charge in [-0.25, -0.2) is 4.79 Å².